The summed E-state index contributed by atoms with van der Waals surface area (Å²) in [5.41, 5.74) is -0.0665. The van der Waals surface area contributed by atoms with Crippen molar-refractivity contribution in [1.82, 2.24) is 10.6 Å². The van der Waals surface area contributed by atoms with Gasteiger partial charge in [-0.3, -0.25) is 4.79 Å². The van der Waals surface area contributed by atoms with Crippen LogP contribution in [0.1, 0.15) is 52.4 Å². The van der Waals surface area contributed by atoms with E-state index in [2.05, 4.69) is 16.9 Å². The first-order valence-electron chi connectivity index (χ1n) is 7.61. The molecule has 6 heteroatoms. The van der Waals surface area contributed by atoms with Gasteiger partial charge in [-0.05, 0) is 43.8 Å². The van der Waals surface area contributed by atoms with Crippen LogP contribution in [0.2, 0.25) is 0 Å². The Bertz CT molecular complexity index is 361. The number of amides is 2. The van der Waals surface area contributed by atoms with Gasteiger partial charge in [0.2, 0.25) is 0 Å². The monoisotopic (exact) mass is 316 g/mol. The molecule has 0 heterocycles. The summed E-state index contributed by atoms with van der Waals surface area (Å²) >= 11 is 1.87. The number of urea groups is 1. The zero-order valence-corrected chi connectivity index (χ0v) is 14.1. The Morgan fingerprint density at radius 3 is 2.57 bits per heavy atom. The van der Waals surface area contributed by atoms with Crippen LogP contribution in [0.3, 0.4) is 0 Å². The molecule has 1 fully saturated rings. The molecule has 3 N–H and O–H groups in total. The molecular weight excluding hydrogens is 288 g/mol. The van der Waals surface area contributed by atoms with Crippen molar-refractivity contribution in [3.63, 3.8) is 0 Å². The van der Waals surface area contributed by atoms with Crippen molar-refractivity contribution < 1.29 is 14.7 Å². The molecular formula is C15H28N2O3S. The lowest BCUT2D eigenvalue weighted by Crippen LogP contribution is -2.42. The predicted molar refractivity (Wildman–Crippen MR) is 86.7 cm³/mol. The molecule has 0 saturated heterocycles. The van der Waals surface area contributed by atoms with Gasteiger partial charge in [0, 0.05) is 24.3 Å². The fourth-order valence-corrected chi connectivity index (χ4v) is 3.40. The van der Waals surface area contributed by atoms with Crippen LogP contribution in [0.4, 0.5) is 4.79 Å². The van der Waals surface area contributed by atoms with E-state index in [1.807, 2.05) is 25.6 Å². The van der Waals surface area contributed by atoms with Crippen molar-refractivity contribution in [2.75, 3.05) is 12.8 Å². The smallest absolute Gasteiger partial charge is 0.315 e. The maximum Gasteiger partial charge on any atom is 0.315 e. The number of hydrogen-bond acceptors (Lipinski definition) is 3. The van der Waals surface area contributed by atoms with Gasteiger partial charge in [0.25, 0.3) is 0 Å². The molecule has 1 aliphatic carbocycles. The summed E-state index contributed by atoms with van der Waals surface area (Å²) in [6.45, 7) is 4.66. The highest BCUT2D eigenvalue weighted by atomic mass is 32.2. The van der Waals surface area contributed by atoms with Crippen LogP contribution in [0.15, 0.2) is 0 Å². The number of thioether (sulfide) groups is 1. The number of carbonyl (C=O) groups excluding carboxylic acids is 1. The van der Waals surface area contributed by atoms with Crippen molar-refractivity contribution >= 4 is 23.8 Å². The summed E-state index contributed by atoms with van der Waals surface area (Å²) in [6, 6.07) is 0.193. The van der Waals surface area contributed by atoms with Crippen LogP contribution in [0.5, 0.6) is 0 Å². The lowest BCUT2D eigenvalue weighted by atomic mass is 9.84. The van der Waals surface area contributed by atoms with E-state index in [0.29, 0.717) is 24.3 Å². The van der Waals surface area contributed by atoms with Crippen LogP contribution in [-0.4, -0.2) is 41.2 Å². The highest BCUT2D eigenvalue weighted by molar-refractivity contribution is 7.99. The van der Waals surface area contributed by atoms with Crippen molar-refractivity contribution in [2.24, 2.45) is 5.41 Å². The van der Waals surface area contributed by atoms with Crippen LogP contribution in [0.25, 0.3) is 0 Å². The van der Waals surface area contributed by atoms with E-state index in [-0.39, 0.29) is 17.9 Å². The highest BCUT2D eigenvalue weighted by Crippen LogP contribution is 2.28. The molecule has 1 saturated carbocycles. The second kappa shape index (κ2) is 8.51. The first kappa shape index (κ1) is 18.1. The first-order valence-corrected chi connectivity index (χ1v) is 8.90. The second-order valence-electron chi connectivity index (χ2n) is 6.58. The third kappa shape index (κ3) is 7.60. The summed E-state index contributed by atoms with van der Waals surface area (Å²) in [5.74, 6) is -0.765. The quantitative estimate of drug-likeness (QED) is 0.643. The maximum absolute atomic E-state index is 11.8. The van der Waals surface area contributed by atoms with E-state index in [0.717, 1.165) is 19.3 Å². The molecule has 2 atom stereocenters. The van der Waals surface area contributed by atoms with Gasteiger partial charge < -0.3 is 15.7 Å². The molecule has 2 unspecified atom stereocenters. The topological polar surface area (TPSA) is 78.4 Å². The van der Waals surface area contributed by atoms with Crippen molar-refractivity contribution in [3.8, 4) is 0 Å². The van der Waals surface area contributed by atoms with Crippen molar-refractivity contribution in [1.29, 1.82) is 0 Å². The van der Waals surface area contributed by atoms with E-state index in [1.54, 1.807) is 0 Å². The predicted octanol–water partition coefficient (Wildman–Crippen LogP) is 2.85. The average molecular weight is 316 g/mol. The molecule has 0 bridgehead atoms. The SMILES string of the molecule is CSC1CCC(NC(=O)NCCC(C)(C)CCC(=O)O)C1. The summed E-state index contributed by atoms with van der Waals surface area (Å²) in [5, 5.41) is 15.3. The van der Waals surface area contributed by atoms with Gasteiger partial charge in [-0.1, -0.05) is 13.8 Å². The van der Waals surface area contributed by atoms with Crippen molar-refractivity contribution in [2.45, 2.75) is 63.7 Å². The number of nitrogens with one attached hydrogen (secondary N) is 2. The Morgan fingerprint density at radius 1 is 1.29 bits per heavy atom. The minimum atomic E-state index is -0.765. The first-order chi connectivity index (χ1) is 9.82. The highest BCUT2D eigenvalue weighted by Gasteiger charge is 2.25. The van der Waals surface area contributed by atoms with E-state index in [4.69, 9.17) is 5.11 Å². The van der Waals surface area contributed by atoms with Crippen LogP contribution in [0, 0.1) is 5.41 Å². The molecule has 0 aliphatic heterocycles. The number of carboxylic acids is 1. The number of rotatable bonds is 8. The minimum Gasteiger partial charge on any atom is -0.481 e. The molecule has 122 valence electrons. The van der Waals surface area contributed by atoms with Crippen LogP contribution in [-0.2, 0) is 4.79 Å². The minimum absolute atomic E-state index is 0.0665. The standard InChI is InChI=1S/C15H28N2O3S/c1-15(2,7-6-13(18)19)8-9-16-14(20)17-11-4-5-12(10-11)21-3/h11-12H,4-10H2,1-3H3,(H,18,19)(H2,16,17,20). The van der Waals surface area contributed by atoms with Crippen LogP contribution < -0.4 is 10.6 Å². The Hall–Kier alpha value is -0.910. The average Bonchev–Trinajstić information content (AvgIpc) is 2.84. The summed E-state index contributed by atoms with van der Waals surface area (Å²) in [6.07, 6.45) is 7.00. The third-order valence-corrected chi connectivity index (χ3v) is 5.25. The van der Waals surface area contributed by atoms with Gasteiger partial charge in [-0.25, -0.2) is 4.79 Å². The van der Waals surface area contributed by atoms with Crippen LogP contribution >= 0.6 is 11.8 Å². The van der Waals surface area contributed by atoms with E-state index in [9.17, 15) is 9.59 Å². The second-order valence-corrected chi connectivity index (χ2v) is 7.71. The number of aliphatic carboxylic acids is 1. The molecule has 1 rings (SSSR count). The Morgan fingerprint density at radius 2 is 2.00 bits per heavy atom. The van der Waals surface area contributed by atoms with Gasteiger partial charge in [0.05, 0.1) is 0 Å². The lowest BCUT2D eigenvalue weighted by Gasteiger charge is -2.24. The van der Waals surface area contributed by atoms with Crippen molar-refractivity contribution in [3.05, 3.63) is 0 Å². The van der Waals surface area contributed by atoms with Gasteiger partial charge in [0.15, 0.2) is 0 Å². The molecule has 5 nitrogen and oxygen atoms in total. The number of carboxylic acid groups (broad SMARTS) is 1. The lowest BCUT2D eigenvalue weighted by molar-refractivity contribution is -0.137. The van der Waals surface area contributed by atoms with Gasteiger partial charge in [-0.15, -0.1) is 0 Å². The Balaban J connectivity index is 2.17. The third-order valence-electron chi connectivity index (χ3n) is 4.16. The molecule has 21 heavy (non-hydrogen) atoms. The van der Waals surface area contributed by atoms with E-state index in [1.165, 1.54) is 6.42 Å². The molecule has 2 amide bonds. The number of carbonyl (C=O) groups is 2. The molecule has 0 aromatic carbocycles. The summed E-state index contributed by atoms with van der Waals surface area (Å²) in [7, 11) is 0. The molecule has 1 aliphatic rings. The molecule has 0 aromatic heterocycles. The Labute approximate surface area is 131 Å². The fraction of sp³-hybridized carbons (Fsp3) is 0.867. The fourth-order valence-electron chi connectivity index (χ4n) is 2.61. The van der Waals surface area contributed by atoms with E-state index >= 15 is 0 Å². The van der Waals surface area contributed by atoms with Gasteiger partial charge in [-0.2, -0.15) is 11.8 Å². The molecule has 0 radical (unpaired) electrons. The van der Waals surface area contributed by atoms with Gasteiger partial charge in [0.1, 0.15) is 0 Å². The zero-order chi connectivity index (χ0) is 15.9. The van der Waals surface area contributed by atoms with Gasteiger partial charge >= 0.3 is 12.0 Å². The molecule has 0 aromatic rings. The number of hydrogen-bond donors (Lipinski definition) is 3. The maximum atomic E-state index is 11.8. The summed E-state index contributed by atoms with van der Waals surface area (Å²) < 4.78 is 0. The summed E-state index contributed by atoms with van der Waals surface area (Å²) in [4.78, 5) is 22.4. The van der Waals surface area contributed by atoms with E-state index < -0.39 is 5.97 Å². The molecule has 0 spiro atoms. The zero-order valence-electron chi connectivity index (χ0n) is 13.3. The normalized spacial score (nSPS) is 22.0. The largest absolute Gasteiger partial charge is 0.481 e. The Kier molecular flexibility index (Phi) is 7.35.